The van der Waals surface area contributed by atoms with E-state index in [1.165, 1.54) is 25.7 Å². The molecule has 0 amide bonds. The number of hydrogen-bond donors (Lipinski definition) is 0. The Labute approximate surface area is 181 Å². The zero-order valence-corrected chi connectivity index (χ0v) is 20.6. The second-order valence-electron chi connectivity index (χ2n) is 11.0. The van der Waals surface area contributed by atoms with Crippen LogP contribution in [0.5, 0.6) is 0 Å². The molecule has 1 aliphatic carbocycles. The maximum Gasteiger partial charge on any atom is 0.104 e. The second-order valence-corrected chi connectivity index (χ2v) is 11.0. The fourth-order valence-electron chi connectivity index (χ4n) is 6.05. The molecule has 1 aliphatic rings. The lowest BCUT2D eigenvalue weighted by molar-refractivity contribution is -0.119. The summed E-state index contributed by atoms with van der Waals surface area (Å²) in [6.07, 6.45) is 12.9. The lowest BCUT2D eigenvalue weighted by Gasteiger charge is -2.46. The third-order valence-electron chi connectivity index (χ3n) is 7.67. The number of ether oxygens (including phenoxy) is 1. The fourth-order valence-corrected chi connectivity index (χ4v) is 6.05. The van der Waals surface area contributed by atoms with Gasteiger partial charge in [0.05, 0.1) is 18.0 Å². The van der Waals surface area contributed by atoms with Crippen molar-refractivity contribution < 1.29 is 9.15 Å². The van der Waals surface area contributed by atoms with Gasteiger partial charge in [0.25, 0.3) is 0 Å². The molecule has 2 heteroatoms. The van der Waals surface area contributed by atoms with E-state index in [-0.39, 0.29) is 11.0 Å². The maximum atomic E-state index is 6.82. The number of rotatable bonds is 11. The molecule has 1 aromatic rings. The van der Waals surface area contributed by atoms with E-state index in [2.05, 4.69) is 61.5 Å². The van der Waals surface area contributed by atoms with E-state index in [1.54, 1.807) is 12.2 Å². The minimum atomic E-state index is -0.128. The molecule has 1 fully saturated rings. The fraction of sp³-hybridized carbons (Fsp3) is 0.815. The molecule has 2 unspecified atom stereocenters. The molecule has 0 bridgehead atoms. The summed E-state index contributed by atoms with van der Waals surface area (Å²) in [5, 5.41) is 0. The van der Waals surface area contributed by atoms with Crippen molar-refractivity contribution in [3.8, 4) is 0 Å². The Hall–Kier alpha value is -0.760. The van der Waals surface area contributed by atoms with Gasteiger partial charge in [0.1, 0.15) is 5.76 Å². The molecule has 2 nitrogen and oxygen atoms in total. The third-order valence-corrected chi connectivity index (χ3v) is 7.67. The first-order valence-electron chi connectivity index (χ1n) is 12.1. The summed E-state index contributed by atoms with van der Waals surface area (Å²) in [6, 6.07) is 4.11. The molecule has 167 valence electrons. The molecule has 1 aromatic heterocycles. The van der Waals surface area contributed by atoms with Crippen LogP contribution in [0.1, 0.15) is 113 Å². The van der Waals surface area contributed by atoms with E-state index in [1.807, 2.05) is 6.07 Å². The van der Waals surface area contributed by atoms with Gasteiger partial charge in [-0.2, -0.15) is 0 Å². The lowest BCUT2D eigenvalue weighted by Crippen LogP contribution is -2.42. The van der Waals surface area contributed by atoms with Gasteiger partial charge in [-0.3, -0.25) is 0 Å². The molecule has 0 N–H and O–H groups in total. The third kappa shape index (κ3) is 6.61. The Morgan fingerprint density at radius 3 is 2.45 bits per heavy atom. The van der Waals surface area contributed by atoms with Gasteiger partial charge in [-0.1, -0.05) is 41.0 Å². The Morgan fingerprint density at radius 2 is 1.93 bits per heavy atom. The highest BCUT2D eigenvalue weighted by Crippen LogP contribution is 2.48. The summed E-state index contributed by atoms with van der Waals surface area (Å²) in [4.78, 5) is 0. The Balaban J connectivity index is 2.10. The van der Waals surface area contributed by atoms with Crippen molar-refractivity contribution in [2.24, 2.45) is 16.7 Å². The summed E-state index contributed by atoms with van der Waals surface area (Å²) >= 11 is 0. The Bertz CT molecular complexity index is 580. The zero-order valence-electron chi connectivity index (χ0n) is 20.6. The van der Waals surface area contributed by atoms with Gasteiger partial charge in [-0.15, -0.1) is 0 Å². The highest BCUT2D eigenvalue weighted by atomic mass is 16.5. The van der Waals surface area contributed by atoms with Gasteiger partial charge in [0.2, 0.25) is 0 Å². The highest BCUT2D eigenvalue weighted by molar-refractivity contribution is 5.15. The molecule has 1 saturated carbocycles. The number of hydrogen-bond acceptors (Lipinski definition) is 2. The van der Waals surface area contributed by atoms with Gasteiger partial charge in [0.15, 0.2) is 0 Å². The summed E-state index contributed by atoms with van der Waals surface area (Å²) < 4.78 is 12.5. The normalized spacial score (nSPS) is 21.5. The SMILES string of the molecule is CC[C](Cc1ccco1)C(CC)(CC)CC(C)(C)OC(C)C1CCCC(C)(C)C1. The van der Waals surface area contributed by atoms with E-state index in [9.17, 15) is 0 Å². The average molecular weight is 404 g/mol. The first-order valence-corrected chi connectivity index (χ1v) is 12.1. The quantitative estimate of drug-likeness (QED) is 0.370. The molecular weight excluding hydrogens is 356 g/mol. The topological polar surface area (TPSA) is 22.4 Å². The van der Waals surface area contributed by atoms with Crippen LogP contribution in [0, 0.1) is 22.7 Å². The van der Waals surface area contributed by atoms with Gasteiger partial charge < -0.3 is 9.15 Å². The van der Waals surface area contributed by atoms with Crippen molar-refractivity contribution in [1.29, 1.82) is 0 Å². The Kier molecular flexibility index (Phi) is 8.48. The molecule has 2 atom stereocenters. The van der Waals surface area contributed by atoms with E-state index >= 15 is 0 Å². The summed E-state index contributed by atoms with van der Waals surface area (Å²) in [5.74, 6) is 3.39. The van der Waals surface area contributed by atoms with Gasteiger partial charge in [-0.25, -0.2) is 0 Å². The van der Waals surface area contributed by atoms with Crippen LogP contribution in [0.2, 0.25) is 0 Å². The van der Waals surface area contributed by atoms with Crippen LogP contribution < -0.4 is 0 Å². The predicted octanol–water partition coefficient (Wildman–Crippen LogP) is 8.40. The minimum absolute atomic E-state index is 0.128. The molecule has 0 saturated heterocycles. The van der Waals surface area contributed by atoms with E-state index < -0.39 is 0 Å². The van der Waals surface area contributed by atoms with Gasteiger partial charge in [0, 0.05) is 6.42 Å². The Morgan fingerprint density at radius 1 is 1.24 bits per heavy atom. The van der Waals surface area contributed by atoms with Crippen LogP contribution in [0.15, 0.2) is 22.8 Å². The number of furan rings is 1. The summed E-state index contributed by atoms with van der Waals surface area (Å²) in [7, 11) is 0. The molecule has 0 aliphatic heterocycles. The average Bonchev–Trinajstić information content (AvgIpc) is 3.16. The van der Waals surface area contributed by atoms with Crippen LogP contribution in [0.25, 0.3) is 0 Å². The molecule has 1 heterocycles. The van der Waals surface area contributed by atoms with Gasteiger partial charge in [-0.05, 0) is 101 Å². The van der Waals surface area contributed by atoms with Crippen LogP contribution in [-0.4, -0.2) is 11.7 Å². The van der Waals surface area contributed by atoms with Crippen molar-refractivity contribution in [3.05, 3.63) is 30.1 Å². The van der Waals surface area contributed by atoms with Crippen LogP contribution in [-0.2, 0) is 11.2 Å². The van der Waals surface area contributed by atoms with Crippen LogP contribution >= 0.6 is 0 Å². The minimum Gasteiger partial charge on any atom is -0.469 e. The second kappa shape index (κ2) is 10.0. The monoisotopic (exact) mass is 403 g/mol. The first kappa shape index (κ1) is 24.5. The lowest BCUT2D eigenvalue weighted by atomic mass is 9.63. The molecule has 0 aromatic carbocycles. The molecule has 29 heavy (non-hydrogen) atoms. The standard InChI is InChI=1S/C27H47O2/c1-9-23(18-24-15-13-17-28-24)27(10-2,11-3)20-26(7,8)29-21(4)22-14-12-16-25(5,6)19-22/h13,15,17,21-22H,9-12,14,16,18-20H2,1-8H3. The van der Waals surface area contributed by atoms with Crippen LogP contribution in [0.4, 0.5) is 0 Å². The predicted molar refractivity (Wildman–Crippen MR) is 124 cm³/mol. The zero-order chi connectivity index (χ0) is 21.7. The molecule has 2 rings (SSSR count). The summed E-state index contributed by atoms with van der Waals surface area (Å²) in [5.41, 5.74) is 0.542. The molecule has 0 spiro atoms. The largest absolute Gasteiger partial charge is 0.469 e. The van der Waals surface area contributed by atoms with Gasteiger partial charge >= 0.3 is 0 Å². The van der Waals surface area contributed by atoms with Crippen LogP contribution in [0.3, 0.4) is 0 Å². The smallest absolute Gasteiger partial charge is 0.104 e. The van der Waals surface area contributed by atoms with Crippen molar-refractivity contribution in [1.82, 2.24) is 0 Å². The first-order chi connectivity index (χ1) is 13.6. The highest BCUT2D eigenvalue weighted by Gasteiger charge is 2.42. The van der Waals surface area contributed by atoms with E-state index in [0.29, 0.717) is 17.4 Å². The van der Waals surface area contributed by atoms with Crippen molar-refractivity contribution in [2.75, 3.05) is 0 Å². The van der Waals surface area contributed by atoms with Crippen molar-refractivity contribution in [3.63, 3.8) is 0 Å². The van der Waals surface area contributed by atoms with Crippen molar-refractivity contribution in [2.45, 2.75) is 125 Å². The molecule has 1 radical (unpaired) electrons. The van der Waals surface area contributed by atoms with E-state index in [0.717, 1.165) is 37.9 Å². The maximum absolute atomic E-state index is 6.82. The van der Waals surface area contributed by atoms with Crippen molar-refractivity contribution >= 4 is 0 Å². The molecular formula is C27H47O2. The van der Waals surface area contributed by atoms with E-state index in [4.69, 9.17) is 9.15 Å². The summed E-state index contributed by atoms with van der Waals surface area (Å²) in [6.45, 7) is 18.8.